The lowest BCUT2D eigenvalue weighted by atomic mass is 9.45. The fourth-order valence-electron chi connectivity index (χ4n) is 14.5. The minimum atomic E-state index is -1.24. The predicted molar refractivity (Wildman–Crippen MR) is 258 cm³/mol. The van der Waals surface area contributed by atoms with Gasteiger partial charge in [0.15, 0.2) is 25.2 Å². The Hall–Kier alpha value is -1.98. The van der Waals surface area contributed by atoms with Gasteiger partial charge in [-0.3, -0.25) is 4.79 Å². The molecule has 0 bridgehead atoms. The van der Waals surface area contributed by atoms with Crippen LogP contribution in [0.2, 0.25) is 0 Å². The van der Waals surface area contributed by atoms with E-state index in [4.69, 9.17) is 61.6 Å². The number of aliphatic hydroxyl groups excluding tert-OH is 2. The van der Waals surface area contributed by atoms with Crippen molar-refractivity contribution in [3.8, 4) is 0 Å². The maximum atomic E-state index is 13.4. The Kier molecular flexibility index (Phi) is 17.6. The summed E-state index contributed by atoms with van der Waals surface area (Å²) < 4.78 is 81.1. The quantitative estimate of drug-likeness (QED) is 0.109. The molecule has 18 heteroatoms. The van der Waals surface area contributed by atoms with Crippen molar-refractivity contribution in [2.24, 2.45) is 28.6 Å². The molecule has 4 aliphatic carbocycles. The average molecular weight is 1020 g/mol. The lowest BCUT2D eigenvalue weighted by Gasteiger charge is -2.63. The minimum Gasteiger partial charge on any atom is -0.458 e. The summed E-state index contributed by atoms with van der Waals surface area (Å²) in [6.07, 6.45) is -2.07. The van der Waals surface area contributed by atoms with Crippen LogP contribution in [-0.4, -0.2) is 178 Å². The topological polar surface area (TPSA) is 215 Å². The van der Waals surface area contributed by atoms with Gasteiger partial charge in [0.25, 0.3) is 0 Å². The molecule has 410 valence electrons. The number of esters is 1. The molecule has 8 rings (SSSR count). The number of ether oxygens (including phenoxy) is 13. The third-order valence-electron chi connectivity index (χ3n) is 18.9. The van der Waals surface area contributed by atoms with E-state index in [1.54, 1.807) is 41.1 Å². The highest BCUT2D eigenvalue weighted by Gasteiger charge is 2.71. The fourth-order valence-corrected chi connectivity index (χ4v) is 14.5. The SMILES string of the molecule is C/C=C(\C)C(=O)O[C@@H]1CC2C(CC=C3C[C@@H](OC4CC(OC)C(OC5CC(OC)C(OC6OC(C)C(OC7CC(OC)C(O)C(C)O7)C(OC)C6O)C(C)O5)C(C)O4)CC[C@@]32C)[C@@]2(O)CC[C@H](C(C)=O)[C@@]12C. The van der Waals surface area contributed by atoms with Gasteiger partial charge in [0.2, 0.25) is 0 Å². The van der Waals surface area contributed by atoms with Crippen molar-refractivity contribution in [2.45, 2.75) is 249 Å². The zero-order valence-electron chi connectivity index (χ0n) is 44.9. The van der Waals surface area contributed by atoms with Crippen molar-refractivity contribution in [2.75, 3.05) is 28.4 Å². The molecule has 25 atom stereocenters. The van der Waals surface area contributed by atoms with Gasteiger partial charge in [-0.2, -0.15) is 0 Å². The number of hydrogen-bond donors (Lipinski definition) is 3. The van der Waals surface area contributed by atoms with Gasteiger partial charge in [-0.1, -0.05) is 31.6 Å². The average Bonchev–Trinajstić information content (AvgIpc) is 3.64. The van der Waals surface area contributed by atoms with Gasteiger partial charge >= 0.3 is 5.97 Å². The van der Waals surface area contributed by atoms with Crippen LogP contribution in [0.25, 0.3) is 0 Å². The first-order valence-corrected chi connectivity index (χ1v) is 26.6. The molecule has 0 spiro atoms. The first kappa shape index (κ1) is 56.2. The van der Waals surface area contributed by atoms with Crippen molar-refractivity contribution in [1.29, 1.82) is 0 Å². The summed E-state index contributed by atoms with van der Waals surface area (Å²) in [5.41, 5.74) is -0.484. The van der Waals surface area contributed by atoms with Crippen LogP contribution in [0.3, 0.4) is 0 Å². The highest BCUT2D eigenvalue weighted by Crippen LogP contribution is 2.68. The molecule has 0 aromatic rings. The van der Waals surface area contributed by atoms with Crippen LogP contribution in [0.4, 0.5) is 0 Å². The second-order valence-electron chi connectivity index (χ2n) is 22.6. The van der Waals surface area contributed by atoms with Crippen LogP contribution in [0.5, 0.6) is 0 Å². The van der Waals surface area contributed by atoms with E-state index in [0.717, 1.165) is 12.8 Å². The Morgan fingerprint density at radius 1 is 0.667 bits per heavy atom. The Morgan fingerprint density at radius 2 is 1.24 bits per heavy atom. The number of Topliss-reactive ketones (excluding diaryl/α,β-unsaturated/α-hetero) is 1. The number of ketones is 1. The molecule has 3 saturated carbocycles. The summed E-state index contributed by atoms with van der Waals surface area (Å²) >= 11 is 0. The highest BCUT2D eigenvalue weighted by atomic mass is 16.8. The van der Waals surface area contributed by atoms with Gasteiger partial charge in [-0.15, -0.1) is 0 Å². The molecule has 4 saturated heterocycles. The van der Waals surface area contributed by atoms with Crippen LogP contribution < -0.4 is 0 Å². The van der Waals surface area contributed by atoms with Crippen LogP contribution in [0.1, 0.15) is 127 Å². The second-order valence-corrected chi connectivity index (χ2v) is 22.6. The van der Waals surface area contributed by atoms with Gasteiger partial charge < -0.3 is 76.9 Å². The van der Waals surface area contributed by atoms with Crippen LogP contribution in [0.15, 0.2) is 23.3 Å². The number of methoxy groups -OCH3 is 4. The molecule has 4 heterocycles. The van der Waals surface area contributed by atoms with E-state index in [9.17, 15) is 24.9 Å². The van der Waals surface area contributed by atoms with E-state index in [2.05, 4.69) is 13.0 Å². The molecule has 18 nitrogen and oxygen atoms in total. The summed E-state index contributed by atoms with van der Waals surface area (Å²) in [5, 5.41) is 34.9. The van der Waals surface area contributed by atoms with E-state index in [-0.39, 0.29) is 41.2 Å². The van der Waals surface area contributed by atoms with Gasteiger partial charge in [0.1, 0.15) is 48.5 Å². The van der Waals surface area contributed by atoms with Crippen molar-refractivity contribution in [1.82, 2.24) is 0 Å². The normalized spacial score (nSPS) is 49.8. The Bertz CT molecular complexity index is 1950. The first-order valence-electron chi connectivity index (χ1n) is 26.6. The molecule has 4 aliphatic heterocycles. The summed E-state index contributed by atoms with van der Waals surface area (Å²) in [6, 6.07) is 0. The zero-order valence-corrected chi connectivity index (χ0v) is 44.9. The molecule has 3 N–H and O–H groups in total. The summed E-state index contributed by atoms with van der Waals surface area (Å²) in [7, 11) is 6.29. The fraction of sp³-hybridized carbons (Fsp3) is 0.889. The number of aliphatic hydroxyl groups is 3. The van der Waals surface area contributed by atoms with Crippen LogP contribution in [0, 0.1) is 28.6 Å². The van der Waals surface area contributed by atoms with Gasteiger partial charge in [-0.05, 0) is 111 Å². The molecular weight excluding hydrogens is 937 g/mol. The lowest BCUT2D eigenvalue weighted by Crippen LogP contribution is -2.66. The predicted octanol–water partition coefficient (Wildman–Crippen LogP) is 5.23. The molecule has 0 radical (unpaired) electrons. The number of allylic oxidation sites excluding steroid dienone is 2. The van der Waals surface area contributed by atoms with E-state index < -0.39 is 121 Å². The molecule has 0 aromatic heterocycles. The molecule has 0 aromatic carbocycles. The number of carbonyl (C=O) groups excluding carboxylic acids is 2. The van der Waals surface area contributed by atoms with E-state index in [0.29, 0.717) is 56.9 Å². The molecule has 0 amide bonds. The first-order chi connectivity index (χ1) is 34.1. The summed E-state index contributed by atoms with van der Waals surface area (Å²) in [4.78, 5) is 26.5. The van der Waals surface area contributed by atoms with Gasteiger partial charge in [-0.25, -0.2) is 4.79 Å². The summed E-state index contributed by atoms with van der Waals surface area (Å²) in [6.45, 7) is 16.8. The van der Waals surface area contributed by atoms with E-state index in [1.807, 2.05) is 34.6 Å². The minimum absolute atomic E-state index is 0.0350. The summed E-state index contributed by atoms with van der Waals surface area (Å²) in [5.74, 6) is -0.765. The van der Waals surface area contributed by atoms with Crippen molar-refractivity contribution >= 4 is 11.8 Å². The maximum absolute atomic E-state index is 13.4. The van der Waals surface area contributed by atoms with E-state index in [1.165, 1.54) is 19.8 Å². The molecule has 8 aliphatic rings. The molecular formula is C54H86O18. The third-order valence-corrected chi connectivity index (χ3v) is 18.9. The van der Waals surface area contributed by atoms with Crippen molar-refractivity contribution in [3.05, 3.63) is 23.3 Å². The number of hydrogen-bond acceptors (Lipinski definition) is 18. The van der Waals surface area contributed by atoms with Crippen LogP contribution >= 0.6 is 0 Å². The maximum Gasteiger partial charge on any atom is 0.333 e. The second kappa shape index (κ2) is 22.5. The Morgan fingerprint density at radius 3 is 1.83 bits per heavy atom. The molecule has 19 unspecified atom stereocenters. The highest BCUT2D eigenvalue weighted by molar-refractivity contribution is 5.88. The number of carbonyl (C=O) groups is 2. The van der Waals surface area contributed by atoms with Crippen molar-refractivity contribution in [3.63, 3.8) is 0 Å². The smallest absolute Gasteiger partial charge is 0.333 e. The van der Waals surface area contributed by atoms with E-state index >= 15 is 0 Å². The van der Waals surface area contributed by atoms with Crippen LogP contribution in [-0.2, 0) is 71.2 Å². The lowest BCUT2D eigenvalue weighted by molar-refractivity contribution is -0.365. The van der Waals surface area contributed by atoms with Gasteiger partial charge in [0, 0.05) is 64.6 Å². The number of fused-ring (bicyclic) bond motifs is 5. The Balaban J connectivity index is 0.864. The monoisotopic (exact) mass is 1020 g/mol. The largest absolute Gasteiger partial charge is 0.458 e. The Labute approximate surface area is 426 Å². The zero-order chi connectivity index (χ0) is 52.2. The molecule has 7 fully saturated rings. The third kappa shape index (κ3) is 10.3. The molecule has 72 heavy (non-hydrogen) atoms. The van der Waals surface area contributed by atoms with Gasteiger partial charge in [0.05, 0.1) is 54.4 Å². The standard InChI is InChI=1S/C54H86O18/c1-14-26(2)50(58)69-40-22-36-35(54(59)20-18-34(27(3)55)53(40,54)9)16-15-32-21-33(17-19-52(32,36)8)68-41-24-38(61-11)46(29(5)65-41)70-43-25-39(62-12)47(30(6)66-43)72-51-45(57)49(63-13)48(31(7)67-51)71-42-23-37(60-10)44(56)28(4)64-42/h14-15,28-31,33-49,51,56-57,59H,16-25H2,1-13H3/b26-14+/t28?,29?,30?,31?,33-,34+,35?,36?,37?,38?,39?,40+,41?,42?,43?,44?,45?,46?,47?,48?,49?,51?,52-,53-,54-/m0/s1. The van der Waals surface area contributed by atoms with Crippen molar-refractivity contribution < 1.29 is 86.5 Å². The number of rotatable bonds is 15.